The lowest BCUT2D eigenvalue weighted by molar-refractivity contribution is 0.0938. The fourth-order valence-corrected chi connectivity index (χ4v) is 3.18. The third kappa shape index (κ3) is 3.40. The second-order valence-corrected chi connectivity index (χ2v) is 6.61. The van der Waals surface area contributed by atoms with Crippen molar-refractivity contribution in [2.75, 3.05) is 5.32 Å². The largest absolute Gasteiger partial charge is 0.344 e. The minimum Gasteiger partial charge on any atom is -0.344 e. The summed E-state index contributed by atoms with van der Waals surface area (Å²) >= 11 is 1.56. The van der Waals surface area contributed by atoms with Gasteiger partial charge in [-0.1, -0.05) is 18.2 Å². The Bertz CT molecular complexity index is 996. The van der Waals surface area contributed by atoms with Crippen molar-refractivity contribution in [1.82, 2.24) is 24.7 Å². The van der Waals surface area contributed by atoms with Gasteiger partial charge in [0.2, 0.25) is 5.95 Å². The van der Waals surface area contributed by atoms with E-state index < -0.39 is 0 Å². The van der Waals surface area contributed by atoms with Gasteiger partial charge in [-0.15, -0.1) is 11.3 Å². The standard InChI is InChI=1S/C18H16N6OS/c1-12(15-11-24-7-8-26-18(24)23-15)21-16(25)13-9-19-17(20-10-13)22-14-5-3-2-4-6-14/h2-12H,1H3,(H,21,25)(H,19,20,22)/t12-/m0/s1. The number of nitrogens with one attached hydrogen (secondary N) is 2. The molecule has 0 aliphatic heterocycles. The monoisotopic (exact) mass is 364 g/mol. The minimum atomic E-state index is -0.236. The van der Waals surface area contributed by atoms with Gasteiger partial charge in [-0.3, -0.25) is 9.20 Å². The number of imidazole rings is 1. The van der Waals surface area contributed by atoms with E-state index in [2.05, 4.69) is 25.6 Å². The van der Waals surface area contributed by atoms with Crippen LogP contribution in [-0.2, 0) is 0 Å². The number of thiazole rings is 1. The number of carbonyl (C=O) groups is 1. The van der Waals surface area contributed by atoms with Crippen LogP contribution in [0.1, 0.15) is 29.0 Å². The van der Waals surface area contributed by atoms with Gasteiger partial charge in [0.15, 0.2) is 4.96 Å². The zero-order chi connectivity index (χ0) is 17.9. The Hall–Kier alpha value is -3.26. The summed E-state index contributed by atoms with van der Waals surface area (Å²) < 4.78 is 1.94. The van der Waals surface area contributed by atoms with Crippen LogP contribution < -0.4 is 10.6 Å². The number of hydrogen-bond donors (Lipinski definition) is 2. The molecule has 0 aliphatic rings. The van der Waals surface area contributed by atoms with E-state index in [1.165, 1.54) is 12.4 Å². The molecule has 0 fully saturated rings. The van der Waals surface area contributed by atoms with E-state index in [1.54, 1.807) is 11.3 Å². The molecule has 26 heavy (non-hydrogen) atoms. The van der Waals surface area contributed by atoms with Crippen LogP contribution in [0, 0.1) is 0 Å². The predicted molar refractivity (Wildman–Crippen MR) is 101 cm³/mol. The number of carbonyl (C=O) groups excluding carboxylic acids is 1. The van der Waals surface area contributed by atoms with E-state index in [0.29, 0.717) is 11.5 Å². The summed E-state index contributed by atoms with van der Waals surface area (Å²) in [5.74, 6) is 0.204. The molecule has 4 aromatic rings. The summed E-state index contributed by atoms with van der Waals surface area (Å²) in [6, 6.07) is 9.40. The third-order valence-corrected chi connectivity index (χ3v) is 4.62. The highest BCUT2D eigenvalue weighted by Crippen LogP contribution is 2.17. The van der Waals surface area contributed by atoms with Crippen molar-refractivity contribution in [2.24, 2.45) is 0 Å². The number of benzene rings is 1. The summed E-state index contributed by atoms with van der Waals surface area (Å²) in [5, 5.41) is 7.97. The molecular weight excluding hydrogens is 348 g/mol. The van der Waals surface area contributed by atoms with E-state index in [-0.39, 0.29) is 11.9 Å². The number of fused-ring (bicyclic) bond motifs is 1. The lowest BCUT2D eigenvalue weighted by atomic mass is 10.2. The van der Waals surface area contributed by atoms with Crippen LogP contribution >= 0.6 is 11.3 Å². The fourth-order valence-electron chi connectivity index (χ4n) is 2.47. The number of para-hydroxylation sites is 1. The first kappa shape index (κ1) is 16.2. The van der Waals surface area contributed by atoms with Crippen LogP contribution in [0.5, 0.6) is 0 Å². The average Bonchev–Trinajstić information content (AvgIpc) is 3.25. The van der Waals surface area contributed by atoms with Gasteiger partial charge in [0, 0.05) is 35.9 Å². The Morgan fingerprint density at radius 3 is 2.69 bits per heavy atom. The minimum absolute atomic E-state index is 0.211. The first-order valence-electron chi connectivity index (χ1n) is 8.06. The number of anilines is 2. The quantitative estimate of drug-likeness (QED) is 0.567. The molecule has 130 valence electrons. The summed E-state index contributed by atoms with van der Waals surface area (Å²) in [6.45, 7) is 1.90. The van der Waals surface area contributed by atoms with Gasteiger partial charge in [0.05, 0.1) is 17.3 Å². The molecule has 0 spiro atoms. The maximum atomic E-state index is 12.4. The molecule has 3 heterocycles. The van der Waals surface area contributed by atoms with Crippen LogP contribution in [0.2, 0.25) is 0 Å². The first-order chi connectivity index (χ1) is 12.7. The Kier molecular flexibility index (Phi) is 4.32. The van der Waals surface area contributed by atoms with Gasteiger partial charge in [-0.25, -0.2) is 15.0 Å². The zero-order valence-electron chi connectivity index (χ0n) is 14.0. The van der Waals surface area contributed by atoms with Gasteiger partial charge in [0.25, 0.3) is 5.91 Å². The smallest absolute Gasteiger partial charge is 0.254 e. The lowest BCUT2D eigenvalue weighted by Crippen LogP contribution is -2.27. The molecule has 3 aromatic heterocycles. The highest BCUT2D eigenvalue weighted by atomic mass is 32.1. The molecule has 0 saturated heterocycles. The maximum Gasteiger partial charge on any atom is 0.254 e. The molecule has 1 aromatic carbocycles. The van der Waals surface area contributed by atoms with Gasteiger partial charge in [-0.2, -0.15) is 0 Å². The molecule has 4 rings (SSSR count). The number of aromatic nitrogens is 4. The molecule has 0 saturated carbocycles. The van der Waals surface area contributed by atoms with Gasteiger partial charge >= 0.3 is 0 Å². The Labute approximate surface area is 153 Å². The number of hydrogen-bond acceptors (Lipinski definition) is 6. The van der Waals surface area contributed by atoms with Crippen molar-refractivity contribution in [2.45, 2.75) is 13.0 Å². The van der Waals surface area contributed by atoms with Gasteiger partial charge in [-0.05, 0) is 19.1 Å². The second-order valence-electron chi connectivity index (χ2n) is 5.74. The SMILES string of the molecule is C[C@H](NC(=O)c1cnc(Nc2ccccc2)nc1)c1cn2ccsc2n1. The van der Waals surface area contributed by atoms with Crippen LogP contribution in [0.15, 0.2) is 60.5 Å². The van der Waals surface area contributed by atoms with Crippen molar-refractivity contribution in [1.29, 1.82) is 0 Å². The molecule has 2 N–H and O–H groups in total. The van der Waals surface area contributed by atoms with Crippen molar-refractivity contribution in [3.05, 3.63) is 71.8 Å². The Morgan fingerprint density at radius 1 is 1.19 bits per heavy atom. The topological polar surface area (TPSA) is 84.2 Å². The summed E-state index contributed by atoms with van der Waals surface area (Å²) in [7, 11) is 0. The number of nitrogens with zero attached hydrogens (tertiary/aromatic N) is 4. The Balaban J connectivity index is 1.42. The normalized spacial score (nSPS) is 12.0. The van der Waals surface area contributed by atoms with Crippen LogP contribution in [0.4, 0.5) is 11.6 Å². The van der Waals surface area contributed by atoms with Crippen molar-refractivity contribution >= 4 is 33.8 Å². The molecule has 0 radical (unpaired) electrons. The van der Waals surface area contributed by atoms with Gasteiger partial charge in [0.1, 0.15) is 0 Å². The van der Waals surface area contributed by atoms with Crippen molar-refractivity contribution in [3.63, 3.8) is 0 Å². The van der Waals surface area contributed by atoms with E-state index in [1.807, 2.05) is 59.4 Å². The maximum absolute atomic E-state index is 12.4. The summed E-state index contributed by atoms with van der Waals surface area (Å²) in [6.07, 6.45) is 6.87. The Morgan fingerprint density at radius 2 is 1.96 bits per heavy atom. The van der Waals surface area contributed by atoms with Crippen LogP contribution in [-0.4, -0.2) is 25.3 Å². The number of rotatable bonds is 5. The number of amides is 1. The van der Waals surface area contributed by atoms with E-state index in [9.17, 15) is 4.79 Å². The predicted octanol–water partition coefficient (Wildman–Crippen LogP) is 3.42. The summed E-state index contributed by atoms with van der Waals surface area (Å²) in [4.78, 5) is 26.2. The first-order valence-corrected chi connectivity index (χ1v) is 8.94. The molecule has 1 atom stereocenters. The van der Waals surface area contributed by atoms with E-state index >= 15 is 0 Å². The third-order valence-electron chi connectivity index (χ3n) is 3.85. The van der Waals surface area contributed by atoms with Crippen molar-refractivity contribution in [3.8, 4) is 0 Å². The molecule has 0 bridgehead atoms. The van der Waals surface area contributed by atoms with Crippen molar-refractivity contribution < 1.29 is 4.79 Å². The molecular formula is C18H16N6OS. The highest BCUT2D eigenvalue weighted by Gasteiger charge is 2.15. The van der Waals surface area contributed by atoms with Gasteiger partial charge < -0.3 is 10.6 Å². The average molecular weight is 364 g/mol. The molecule has 1 amide bonds. The van der Waals surface area contributed by atoms with E-state index in [0.717, 1.165) is 16.3 Å². The second kappa shape index (κ2) is 6.93. The summed E-state index contributed by atoms with van der Waals surface area (Å²) in [5.41, 5.74) is 2.10. The molecule has 0 aliphatic carbocycles. The molecule has 7 nitrogen and oxygen atoms in total. The fraction of sp³-hybridized carbons (Fsp3) is 0.111. The lowest BCUT2D eigenvalue weighted by Gasteiger charge is -2.11. The molecule has 8 heteroatoms. The van der Waals surface area contributed by atoms with E-state index in [4.69, 9.17) is 0 Å². The van der Waals surface area contributed by atoms with Crippen LogP contribution in [0.3, 0.4) is 0 Å². The van der Waals surface area contributed by atoms with Crippen LogP contribution in [0.25, 0.3) is 4.96 Å². The molecule has 0 unspecified atom stereocenters. The zero-order valence-corrected chi connectivity index (χ0v) is 14.8. The highest BCUT2D eigenvalue weighted by molar-refractivity contribution is 7.15.